The van der Waals surface area contributed by atoms with E-state index in [2.05, 4.69) is 4.98 Å². The van der Waals surface area contributed by atoms with Crippen molar-refractivity contribution in [1.29, 1.82) is 0 Å². The summed E-state index contributed by atoms with van der Waals surface area (Å²) in [6.45, 7) is 1.79. The van der Waals surface area contributed by atoms with Gasteiger partial charge in [-0.15, -0.1) is 0 Å². The molecule has 0 amide bonds. The van der Waals surface area contributed by atoms with Crippen molar-refractivity contribution >= 4 is 10.9 Å². The fourth-order valence-corrected chi connectivity index (χ4v) is 2.44. The Hall–Kier alpha value is -2.53. The van der Waals surface area contributed by atoms with Gasteiger partial charge in [0, 0.05) is 0 Å². The molecule has 0 bridgehead atoms. The van der Waals surface area contributed by atoms with Crippen LogP contribution in [0.5, 0.6) is 0 Å². The van der Waals surface area contributed by atoms with Gasteiger partial charge in [-0.05, 0) is 30.7 Å². The van der Waals surface area contributed by atoms with E-state index in [9.17, 15) is 14.3 Å². The zero-order valence-electron chi connectivity index (χ0n) is 12.0. The highest BCUT2D eigenvalue weighted by molar-refractivity contribution is 5.78. The maximum Gasteiger partial charge on any atom is 0.269 e. The SMILES string of the molecule is CCC(O)c1nc2cccc(F)c2c(=O)n1-c1ccccc1. The van der Waals surface area contributed by atoms with Gasteiger partial charge >= 0.3 is 0 Å². The van der Waals surface area contributed by atoms with Crippen LogP contribution in [0.1, 0.15) is 25.3 Å². The molecule has 5 heteroatoms. The Bertz CT molecular complexity index is 875. The van der Waals surface area contributed by atoms with Gasteiger partial charge in [0.2, 0.25) is 0 Å². The maximum atomic E-state index is 14.0. The predicted molar refractivity (Wildman–Crippen MR) is 82.5 cm³/mol. The van der Waals surface area contributed by atoms with Crippen molar-refractivity contribution in [1.82, 2.24) is 9.55 Å². The van der Waals surface area contributed by atoms with Crippen molar-refractivity contribution < 1.29 is 9.50 Å². The number of hydrogen-bond acceptors (Lipinski definition) is 3. The molecule has 1 aromatic heterocycles. The van der Waals surface area contributed by atoms with E-state index in [1.165, 1.54) is 16.7 Å². The van der Waals surface area contributed by atoms with Crippen molar-refractivity contribution in [3.05, 3.63) is 70.5 Å². The summed E-state index contributed by atoms with van der Waals surface area (Å²) in [7, 11) is 0. The third-order valence-electron chi connectivity index (χ3n) is 3.57. The normalized spacial score (nSPS) is 12.5. The summed E-state index contributed by atoms with van der Waals surface area (Å²) >= 11 is 0. The third-order valence-corrected chi connectivity index (χ3v) is 3.57. The minimum Gasteiger partial charge on any atom is -0.385 e. The topological polar surface area (TPSA) is 55.1 Å². The number of benzene rings is 2. The van der Waals surface area contributed by atoms with E-state index in [0.717, 1.165) is 0 Å². The van der Waals surface area contributed by atoms with Gasteiger partial charge in [-0.2, -0.15) is 0 Å². The fraction of sp³-hybridized carbons (Fsp3) is 0.176. The number of aliphatic hydroxyl groups excluding tert-OH is 1. The van der Waals surface area contributed by atoms with Crippen LogP contribution in [0.25, 0.3) is 16.6 Å². The van der Waals surface area contributed by atoms with Gasteiger partial charge in [-0.25, -0.2) is 9.37 Å². The number of hydrogen-bond donors (Lipinski definition) is 1. The summed E-state index contributed by atoms with van der Waals surface area (Å²) in [6, 6.07) is 13.1. The number of halogens is 1. The number of rotatable bonds is 3. The molecule has 2 aromatic carbocycles. The van der Waals surface area contributed by atoms with Gasteiger partial charge in [-0.1, -0.05) is 31.2 Å². The molecule has 0 saturated carbocycles. The zero-order chi connectivity index (χ0) is 15.7. The smallest absolute Gasteiger partial charge is 0.269 e. The Balaban J connectivity index is 2.44. The zero-order valence-corrected chi connectivity index (χ0v) is 12.0. The van der Waals surface area contributed by atoms with Crippen LogP contribution < -0.4 is 5.56 Å². The Kier molecular flexibility index (Phi) is 3.73. The molecule has 112 valence electrons. The van der Waals surface area contributed by atoms with Crippen LogP contribution in [0.4, 0.5) is 4.39 Å². The number of fused-ring (bicyclic) bond motifs is 1. The summed E-state index contributed by atoms with van der Waals surface area (Å²) in [6.07, 6.45) is -0.499. The molecule has 0 aliphatic heterocycles. The second-order valence-electron chi connectivity index (χ2n) is 5.00. The van der Waals surface area contributed by atoms with E-state index < -0.39 is 17.5 Å². The second-order valence-corrected chi connectivity index (χ2v) is 5.00. The number of aromatic nitrogens is 2. The highest BCUT2D eigenvalue weighted by atomic mass is 19.1. The molecule has 1 unspecified atom stereocenters. The molecule has 0 radical (unpaired) electrons. The van der Waals surface area contributed by atoms with Crippen LogP contribution in [0.2, 0.25) is 0 Å². The van der Waals surface area contributed by atoms with Gasteiger partial charge in [0.05, 0.1) is 11.2 Å². The monoisotopic (exact) mass is 298 g/mol. The van der Waals surface area contributed by atoms with Gasteiger partial charge < -0.3 is 5.11 Å². The average molecular weight is 298 g/mol. The molecule has 1 atom stereocenters. The van der Waals surface area contributed by atoms with Crippen LogP contribution in [0.15, 0.2) is 53.3 Å². The standard InChI is InChI=1S/C17H15FN2O2/c1-2-14(21)16-19-13-10-6-9-12(18)15(13)17(22)20(16)11-7-4-3-5-8-11/h3-10,14,21H,2H2,1H3. The maximum absolute atomic E-state index is 14.0. The first-order valence-electron chi connectivity index (χ1n) is 7.08. The summed E-state index contributed by atoms with van der Waals surface area (Å²) in [5.41, 5.74) is 0.282. The average Bonchev–Trinajstić information content (AvgIpc) is 2.54. The molecular formula is C17H15FN2O2. The Morgan fingerprint density at radius 2 is 1.91 bits per heavy atom. The molecule has 3 aromatic rings. The summed E-state index contributed by atoms with van der Waals surface area (Å²) in [5, 5.41) is 10.1. The predicted octanol–water partition coefficient (Wildman–Crippen LogP) is 2.97. The highest BCUT2D eigenvalue weighted by Crippen LogP contribution is 2.21. The van der Waals surface area contributed by atoms with Crippen LogP contribution in [-0.4, -0.2) is 14.7 Å². The summed E-state index contributed by atoms with van der Waals surface area (Å²) < 4.78 is 15.3. The largest absolute Gasteiger partial charge is 0.385 e. The molecule has 0 spiro atoms. The molecule has 1 heterocycles. The first-order valence-corrected chi connectivity index (χ1v) is 7.08. The molecule has 22 heavy (non-hydrogen) atoms. The fourth-order valence-electron chi connectivity index (χ4n) is 2.44. The molecule has 0 aliphatic carbocycles. The van der Waals surface area contributed by atoms with Crippen LogP contribution in [0, 0.1) is 5.82 Å². The summed E-state index contributed by atoms with van der Waals surface area (Å²) in [4.78, 5) is 17.1. The van der Waals surface area contributed by atoms with Crippen molar-refractivity contribution in [2.24, 2.45) is 0 Å². The van der Waals surface area contributed by atoms with Crippen LogP contribution >= 0.6 is 0 Å². The molecule has 0 saturated heterocycles. The molecule has 0 fully saturated rings. The Morgan fingerprint density at radius 3 is 2.59 bits per heavy atom. The van der Waals surface area contributed by atoms with Crippen molar-refractivity contribution in [2.45, 2.75) is 19.4 Å². The lowest BCUT2D eigenvalue weighted by Crippen LogP contribution is -2.26. The summed E-state index contributed by atoms with van der Waals surface area (Å²) in [5.74, 6) is -0.394. The van der Waals surface area contributed by atoms with Gasteiger partial charge in [0.25, 0.3) is 5.56 Å². The molecule has 4 nitrogen and oxygen atoms in total. The lowest BCUT2D eigenvalue weighted by molar-refractivity contribution is 0.160. The number of aliphatic hydroxyl groups is 1. The minimum atomic E-state index is -0.902. The number of nitrogens with zero attached hydrogens (tertiary/aromatic N) is 2. The van der Waals surface area contributed by atoms with E-state index in [1.54, 1.807) is 37.3 Å². The van der Waals surface area contributed by atoms with Crippen molar-refractivity contribution in [3.8, 4) is 5.69 Å². The van der Waals surface area contributed by atoms with E-state index >= 15 is 0 Å². The van der Waals surface area contributed by atoms with E-state index in [-0.39, 0.29) is 16.7 Å². The molecule has 1 N–H and O–H groups in total. The minimum absolute atomic E-state index is 0.0709. The highest BCUT2D eigenvalue weighted by Gasteiger charge is 2.19. The quantitative estimate of drug-likeness (QED) is 0.809. The lowest BCUT2D eigenvalue weighted by Gasteiger charge is -2.16. The van der Waals surface area contributed by atoms with Gasteiger partial charge in [-0.3, -0.25) is 9.36 Å². The van der Waals surface area contributed by atoms with Crippen molar-refractivity contribution in [2.75, 3.05) is 0 Å². The first kappa shape index (κ1) is 14.4. The van der Waals surface area contributed by atoms with Crippen LogP contribution in [-0.2, 0) is 0 Å². The van der Waals surface area contributed by atoms with Crippen LogP contribution in [0.3, 0.4) is 0 Å². The third kappa shape index (κ3) is 2.29. The van der Waals surface area contributed by atoms with Crippen molar-refractivity contribution in [3.63, 3.8) is 0 Å². The van der Waals surface area contributed by atoms with E-state index in [4.69, 9.17) is 0 Å². The van der Waals surface area contributed by atoms with Gasteiger partial charge in [0.15, 0.2) is 0 Å². The van der Waals surface area contributed by atoms with E-state index in [1.807, 2.05) is 6.07 Å². The Labute approximate surface area is 126 Å². The number of para-hydroxylation sites is 1. The first-order chi connectivity index (χ1) is 10.6. The van der Waals surface area contributed by atoms with Gasteiger partial charge in [0.1, 0.15) is 23.1 Å². The second kappa shape index (κ2) is 5.69. The molecular weight excluding hydrogens is 283 g/mol. The molecule has 3 rings (SSSR count). The Morgan fingerprint density at radius 1 is 1.18 bits per heavy atom. The van der Waals surface area contributed by atoms with E-state index in [0.29, 0.717) is 12.1 Å². The molecule has 0 aliphatic rings. The lowest BCUT2D eigenvalue weighted by atomic mass is 10.2.